The lowest BCUT2D eigenvalue weighted by molar-refractivity contribution is 0.102. The summed E-state index contributed by atoms with van der Waals surface area (Å²) >= 11 is 0. The highest BCUT2D eigenvalue weighted by atomic mass is 16.2. The van der Waals surface area contributed by atoms with Crippen LogP contribution >= 0.6 is 0 Å². The highest BCUT2D eigenvalue weighted by Gasteiger charge is 2.09. The summed E-state index contributed by atoms with van der Waals surface area (Å²) in [5.41, 5.74) is 4.42. The third-order valence-electron chi connectivity index (χ3n) is 3.42. The Bertz CT molecular complexity index is 873. The van der Waals surface area contributed by atoms with Crippen LogP contribution in [0.5, 0.6) is 0 Å². The van der Waals surface area contributed by atoms with Crippen LogP contribution < -0.4 is 11.0 Å². The number of aryl methyl sites for hydroxylation is 2. The van der Waals surface area contributed by atoms with Crippen molar-refractivity contribution in [3.05, 3.63) is 63.6 Å². The number of aromatic nitrogens is 2. The lowest BCUT2D eigenvalue weighted by Crippen LogP contribution is -2.12. The van der Waals surface area contributed by atoms with Gasteiger partial charge in [-0.3, -0.25) is 4.79 Å². The van der Waals surface area contributed by atoms with E-state index in [1.807, 2.05) is 32.0 Å². The van der Waals surface area contributed by atoms with Gasteiger partial charge < -0.3 is 15.3 Å². The third kappa shape index (κ3) is 2.58. The average molecular weight is 281 g/mol. The van der Waals surface area contributed by atoms with Gasteiger partial charge in [-0.05, 0) is 43.7 Å². The molecule has 0 aliphatic heterocycles. The summed E-state index contributed by atoms with van der Waals surface area (Å²) in [6, 6.07) is 11.0. The predicted molar refractivity (Wildman–Crippen MR) is 82.8 cm³/mol. The van der Waals surface area contributed by atoms with E-state index in [1.54, 1.807) is 18.2 Å². The second kappa shape index (κ2) is 4.94. The largest absolute Gasteiger partial charge is 0.323 e. The van der Waals surface area contributed by atoms with Crippen LogP contribution in [0.2, 0.25) is 0 Å². The summed E-state index contributed by atoms with van der Waals surface area (Å²) < 4.78 is 0. The number of hydrogen-bond acceptors (Lipinski definition) is 2. The topological polar surface area (TPSA) is 77.8 Å². The van der Waals surface area contributed by atoms with Crippen LogP contribution in [-0.4, -0.2) is 15.9 Å². The normalized spacial score (nSPS) is 10.8. The van der Waals surface area contributed by atoms with E-state index >= 15 is 0 Å². The Kier molecular flexibility index (Phi) is 3.10. The summed E-state index contributed by atoms with van der Waals surface area (Å²) in [5, 5.41) is 2.87. The van der Waals surface area contributed by atoms with E-state index in [2.05, 4.69) is 15.3 Å². The molecule has 0 saturated heterocycles. The lowest BCUT2D eigenvalue weighted by Gasteiger charge is -2.09. The summed E-state index contributed by atoms with van der Waals surface area (Å²) in [4.78, 5) is 28.9. The minimum atomic E-state index is -0.258. The molecule has 2 aromatic carbocycles. The van der Waals surface area contributed by atoms with Crippen LogP contribution in [0.25, 0.3) is 11.0 Å². The van der Waals surface area contributed by atoms with E-state index in [0.717, 1.165) is 16.6 Å². The van der Waals surface area contributed by atoms with Crippen LogP contribution in [0.1, 0.15) is 21.5 Å². The summed E-state index contributed by atoms with van der Waals surface area (Å²) in [6.45, 7) is 3.86. The fourth-order valence-corrected chi connectivity index (χ4v) is 2.22. The SMILES string of the molecule is Cc1ccc(C(=O)Nc2cc3[nH]c(=O)[nH]c3cc2C)cc1. The molecule has 0 radical (unpaired) electrons. The first-order valence-corrected chi connectivity index (χ1v) is 6.63. The van der Waals surface area contributed by atoms with Crippen LogP contribution in [0.3, 0.4) is 0 Å². The number of anilines is 1. The second-order valence-corrected chi connectivity index (χ2v) is 5.11. The van der Waals surface area contributed by atoms with Crippen molar-refractivity contribution in [2.45, 2.75) is 13.8 Å². The molecule has 1 amide bonds. The minimum absolute atomic E-state index is 0.171. The lowest BCUT2D eigenvalue weighted by atomic mass is 10.1. The van der Waals surface area contributed by atoms with Gasteiger partial charge in [0.25, 0.3) is 5.91 Å². The molecule has 106 valence electrons. The van der Waals surface area contributed by atoms with Crippen LogP contribution in [0, 0.1) is 13.8 Å². The molecule has 0 atom stereocenters. The van der Waals surface area contributed by atoms with Crippen molar-refractivity contribution in [3.63, 3.8) is 0 Å². The number of aromatic amines is 2. The van der Waals surface area contributed by atoms with Crippen LogP contribution in [-0.2, 0) is 0 Å². The second-order valence-electron chi connectivity index (χ2n) is 5.11. The molecule has 1 aromatic heterocycles. The van der Waals surface area contributed by atoms with E-state index in [0.29, 0.717) is 16.8 Å². The maximum atomic E-state index is 12.2. The van der Waals surface area contributed by atoms with Gasteiger partial charge in [-0.25, -0.2) is 4.79 Å². The number of carbonyl (C=O) groups is 1. The van der Waals surface area contributed by atoms with Gasteiger partial charge >= 0.3 is 5.69 Å². The minimum Gasteiger partial charge on any atom is -0.322 e. The van der Waals surface area contributed by atoms with Crippen LogP contribution in [0.4, 0.5) is 5.69 Å². The highest BCUT2D eigenvalue weighted by molar-refractivity contribution is 6.05. The molecule has 3 rings (SSSR count). The number of nitrogens with one attached hydrogen (secondary N) is 3. The Morgan fingerprint density at radius 1 is 1.00 bits per heavy atom. The van der Waals surface area contributed by atoms with Crippen molar-refractivity contribution in [2.24, 2.45) is 0 Å². The Morgan fingerprint density at radius 2 is 1.62 bits per heavy atom. The van der Waals surface area contributed by atoms with Crippen molar-refractivity contribution >= 4 is 22.6 Å². The number of fused-ring (bicyclic) bond motifs is 1. The molecular weight excluding hydrogens is 266 g/mol. The molecule has 5 heteroatoms. The number of benzene rings is 2. The highest BCUT2D eigenvalue weighted by Crippen LogP contribution is 2.21. The Morgan fingerprint density at radius 3 is 2.29 bits per heavy atom. The zero-order valence-electron chi connectivity index (χ0n) is 11.8. The number of hydrogen-bond donors (Lipinski definition) is 3. The van der Waals surface area contributed by atoms with Crippen molar-refractivity contribution in [1.82, 2.24) is 9.97 Å². The quantitative estimate of drug-likeness (QED) is 0.675. The van der Waals surface area contributed by atoms with Crippen molar-refractivity contribution in [3.8, 4) is 0 Å². The van der Waals surface area contributed by atoms with Gasteiger partial charge in [0.15, 0.2) is 0 Å². The van der Waals surface area contributed by atoms with E-state index in [-0.39, 0.29) is 11.6 Å². The molecule has 0 spiro atoms. The number of rotatable bonds is 2. The van der Waals surface area contributed by atoms with Gasteiger partial charge in [-0.1, -0.05) is 17.7 Å². The van der Waals surface area contributed by atoms with E-state index < -0.39 is 0 Å². The zero-order chi connectivity index (χ0) is 15.0. The standard InChI is InChI=1S/C16H15N3O2/c1-9-3-5-11(6-4-9)15(20)17-12-8-14-13(7-10(12)2)18-16(21)19-14/h3-8H,1-2H3,(H,17,20)(H2,18,19,21). The first kappa shape index (κ1) is 13.2. The molecule has 0 saturated carbocycles. The average Bonchev–Trinajstić information content (AvgIpc) is 2.79. The molecule has 0 bridgehead atoms. The fraction of sp³-hybridized carbons (Fsp3) is 0.125. The van der Waals surface area contributed by atoms with Crippen molar-refractivity contribution in [2.75, 3.05) is 5.32 Å². The van der Waals surface area contributed by atoms with Gasteiger partial charge in [0.05, 0.1) is 11.0 Å². The maximum absolute atomic E-state index is 12.2. The molecule has 0 aliphatic rings. The third-order valence-corrected chi connectivity index (χ3v) is 3.42. The van der Waals surface area contributed by atoms with E-state index in [1.165, 1.54) is 0 Å². The first-order chi connectivity index (χ1) is 10.0. The Labute approximate surface area is 121 Å². The number of imidazole rings is 1. The van der Waals surface area contributed by atoms with Gasteiger partial charge in [-0.15, -0.1) is 0 Å². The van der Waals surface area contributed by atoms with E-state index in [9.17, 15) is 9.59 Å². The number of H-pyrrole nitrogens is 2. The molecule has 0 fully saturated rings. The smallest absolute Gasteiger partial charge is 0.322 e. The van der Waals surface area contributed by atoms with Gasteiger partial charge in [0.1, 0.15) is 0 Å². The number of carbonyl (C=O) groups excluding carboxylic acids is 1. The Balaban J connectivity index is 1.93. The molecule has 3 N–H and O–H groups in total. The molecule has 5 nitrogen and oxygen atoms in total. The molecule has 0 unspecified atom stereocenters. The molecule has 21 heavy (non-hydrogen) atoms. The molecule has 1 heterocycles. The molecular formula is C16H15N3O2. The number of amides is 1. The van der Waals surface area contributed by atoms with Crippen molar-refractivity contribution in [1.29, 1.82) is 0 Å². The van der Waals surface area contributed by atoms with E-state index in [4.69, 9.17) is 0 Å². The van der Waals surface area contributed by atoms with Gasteiger partial charge in [0, 0.05) is 11.3 Å². The molecule has 0 aliphatic carbocycles. The Hall–Kier alpha value is -2.82. The summed E-state index contributed by atoms with van der Waals surface area (Å²) in [5.74, 6) is -0.171. The predicted octanol–water partition coefficient (Wildman–Crippen LogP) is 2.73. The van der Waals surface area contributed by atoms with Gasteiger partial charge in [0.2, 0.25) is 0 Å². The van der Waals surface area contributed by atoms with Crippen molar-refractivity contribution < 1.29 is 4.79 Å². The maximum Gasteiger partial charge on any atom is 0.323 e. The molecule has 3 aromatic rings. The summed E-state index contributed by atoms with van der Waals surface area (Å²) in [6.07, 6.45) is 0. The fourth-order valence-electron chi connectivity index (χ4n) is 2.22. The zero-order valence-corrected chi connectivity index (χ0v) is 11.8. The summed E-state index contributed by atoms with van der Waals surface area (Å²) in [7, 11) is 0. The monoisotopic (exact) mass is 281 g/mol. The van der Waals surface area contributed by atoms with Gasteiger partial charge in [-0.2, -0.15) is 0 Å². The van der Waals surface area contributed by atoms with Crippen LogP contribution in [0.15, 0.2) is 41.2 Å². The first-order valence-electron chi connectivity index (χ1n) is 6.63.